The van der Waals surface area contributed by atoms with Gasteiger partial charge in [-0.2, -0.15) is 0 Å². The summed E-state index contributed by atoms with van der Waals surface area (Å²) in [5.41, 5.74) is 3.87. The van der Waals surface area contributed by atoms with Crippen LogP contribution in [0.5, 0.6) is 0 Å². The molecule has 0 heterocycles. The molecule has 0 spiro atoms. The van der Waals surface area contributed by atoms with Crippen LogP contribution in [0.25, 0.3) is 0 Å². The Morgan fingerprint density at radius 2 is 1.79 bits per heavy atom. The summed E-state index contributed by atoms with van der Waals surface area (Å²) in [6.07, 6.45) is 0. The van der Waals surface area contributed by atoms with Crippen LogP contribution in [-0.4, -0.2) is 12.3 Å². The molecule has 19 heavy (non-hydrogen) atoms. The molecule has 0 saturated carbocycles. The lowest BCUT2D eigenvalue weighted by Gasteiger charge is -2.08. The Morgan fingerprint density at radius 3 is 2.47 bits per heavy atom. The summed E-state index contributed by atoms with van der Waals surface area (Å²) in [7, 11) is 0. The van der Waals surface area contributed by atoms with E-state index in [9.17, 15) is 0 Å². The van der Waals surface area contributed by atoms with Crippen LogP contribution in [0.2, 0.25) is 0 Å². The molecule has 2 aromatic carbocycles. The van der Waals surface area contributed by atoms with Crippen molar-refractivity contribution >= 4 is 33.4 Å². The molecule has 0 saturated heterocycles. The first-order chi connectivity index (χ1) is 9.15. The summed E-state index contributed by atoms with van der Waals surface area (Å²) in [6.45, 7) is 5.29. The van der Waals surface area contributed by atoms with Crippen LogP contribution in [0.15, 0.2) is 51.8 Å². The smallest absolute Gasteiger partial charge is 0.0341 e. The first kappa shape index (κ1) is 14.5. The molecule has 3 heteroatoms. The van der Waals surface area contributed by atoms with Crippen LogP contribution in [-0.2, 0) is 0 Å². The van der Waals surface area contributed by atoms with Gasteiger partial charge in [0.2, 0.25) is 0 Å². The summed E-state index contributed by atoms with van der Waals surface area (Å²) in [5.74, 6) is 1.07. The van der Waals surface area contributed by atoms with Crippen molar-refractivity contribution in [3.05, 3.63) is 58.1 Å². The van der Waals surface area contributed by atoms with E-state index in [0.29, 0.717) is 0 Å². The maximum atomic E-state index is 3.44. The fourth-order valence-electron chi connectivity index (χ4n) is 1.89. The van der Waals surface area contributed by atoms with E-state index in [1.165, 1.54) is 21.7 Å². The second kappa shape index (κ2) is 7.01. The Labute approximate surface area is 127 Å². The highest BCUT2D eigenvalue weighted by Gasteiger charge is 1.99. The van der Waals surface area contributed by atoms with Gasteiger partial charge in [-0.25, -0.2) is 0 Å². The summed E-state index contributed by atoms with van der Waals surface area (Å²) >= 11 is 5.35. The zero-order chi connectivity index (χ0) is 13.7. The van der Waals surface area contributed by atoms with Crippen LogP contribution in [0.1, 0.15) is 11.1 Å². The van der Waals surface area contributed by atoms with E-state index in [1.807, 2.05) is 11.8 Å². The van der Waals surface area contributed by atoms with Gasteiger partial charge in [0.25, 0.3) is 0 Å². The van der Waals surface area contributed by atoms with Gasteiger partial charge in [-0.3, -0.25) is 0 Å². The van der Waals surface area contributed by atoms with Gasteiger partial charge in [0.1, 0.15) is 0 Å². The predicted molar refractivity (Wildman–Crippen MR) is 89.3 cm³/mol. The minimum atomic E-state index is 0.972. The number of halogens is 1. The summed E-state index contributed by atoms with van der Waals surface area (Å²) in [4.78, 5) is 1.38. The van der Waals surface area contributed by atoms with E-state index in [-0.39, 0.29) is 0 Å². The van der Waals surface area contributed by atoms with Crippen molar-refractivity contribution in [2.24, 2.45) is 0 Å². The average Bonchev–Trinajstić information content (AvgIpc) is 2.39. The van der Waals surface area contributed by atoms with Crippen molar-refractivity contribution in [1.82, 2.24) is 0 Å². The van der Waals surface area contributed by atoms with Crippen LogP contribution in [0.3, 0.4) is 0 Å². The molecule has 100 valence electrons. The van der Waals surface area contributed by atoms with E-state index in [2.05, 4.69) is 77.6 Å². The highest BCUT2D eigenvalue weighted by atomic mass is 79.9. The number of hydrogen-bond acceptors (Lipinski definition) is 2. The highest BCUT2D eigenvalue weighted by Crippen LogP contribution is 2.23. The van der Waals surface area contributed by atoms with E-state index in [1.54, 1.807) is 0 Å². The number of hydrogen-bond donors (Lipinski definition) is 1. The summed E-state index contributed by atoms with van der Waals surface area (Å²) in [6, 6.07) is 14.9. The third-order valence-electron chi connectivity index (χ3n) is 2.86. The maximum Gasteiger partial charge on any atom is 0.0341 e. The SMILES string of the molecule is Cc1ccc(SCCNc2ccc(Br)cc2)c(C)c1. The molecule has 0 aliphatic heterocycles. The third-order valence-corrected chi connectivity index (χ3v) is 4.57. The van der Waals surface area contributed by atoms with E-state index in [0.717, 1.165) is 16.8 Å². The molecule has 0 unspecified atom stereocenters. The van der Waals surface area contributed by atoms with E-state index >= 15 is 0 Å². The van der Waals surface area contributed by atoms with Crippen molar-refractivity contribution in [3.8, 4) is 0 Å². The van der Waals surface area contributed by atoms with Crippen molar-refractivity contribution in [1.29, 1.82) is 0 Å². The van der Waals surface area contributed by atoms with Crippen LogP contribution in [0.4, 0.5) is 5.69 Å². The zero-order valence-electron chi connectivity index (χ0n) is 11.2. The molecule has 0 atom stereocenters. The molecule has 2 aromatic rings. The van der Waals surface area contributed by atoms with Gasteiger partial charge in [-0.05, 0) is 49.7 Å². The van der Waals surface area contributed by atoms with Crippen molar-refractivity contribution in [2.45, 2.75) is 18.7 Å². The van der Waals surface area contributed by atoms with Crippen LogP contribution < -0.4 is 5.32 Å². The number of anilines is 1. The van der Waals surface area contributed by atoms with Crippen molar-refractivity contribution < 1.29 is 0 Å². The van der Waals surface area contributed by atoms with Crippen molar-refractivity contribution in [2.75, 3.05) is 17.6 Å². The fraction of sp³-hybridized carbons (Fsp3) is 0.250. The average molecular weight is 336 g/mol. The molecule has 1 N–H and O–H groups in total. The van der Waals surface area contributed by atoms with Gasteiger partial charge in [0, 0.05) is 27.4 Å². The number of rotatable bonds is 5. The first-order valence-electron chi connectivity index (χ1n) is 6.34. The van der Waals surface area contributed by atoms with Gasteiger partial charge < -0.3 is 5.32 Å². The van der Waals surface area contributed by atoms with Gasteiger partial charge in [0.15, 0.2) is 0 Å². The minimum absolute atomic E-state index is 0.972. The fourth-order valence-corrected chi connectivity index (χ4v) is 3.02. The maximum absolute atomic E-state index is 3.44. The van der Waals surface area contributed by atoms with Gasteiger partial charge in [0.05, 0.1) is 0 Å². The van der Waals surface area contributed by atoms with E-state index < -0.39 is 0 Å². The molecular formula is C16H18BrNS. The number of nitrogens with one attached hydrogen (secondary N) is 1. The van der Waals surface area contributed by atoms with Crippen LogP contribution >= 0.6 is 27.7 Å². The predicted octanol–water partition coefficient (Wildman–Crippen LogP) is 5.27. The number of benzene rings is 2. The molecular weight excluding hydrogens is 318 g/mol. The van der Waals surface area contributed by atoms with Crippen LogP contribution in [0, 0.1) is 13.8 Å². The molecule has 0 aliphatic carbocycles. The van der Waals surface area contributed by atoms with Gasteiger partial charge in [-0.15, -0.1) is 11.8 Å². The first-order valence-corrected chi connectivity index (χ1v) is 8.12. The molecule has 0 aromatic heterocycles. The van der Waals surface area contributed by atoms with Gasteiger partial charge in [-0.1, -0.05) is 33.6 Å². The zero-order valence-corrected chi connectivity index (χ0v) is 13.6. The lowest BCUT2D eigenvalue weighted by atomic mass is 10.2. The van der Waals surface area contributed by atoms with Crippen molar-refractivity contribution in [3.63, 3.8) is 0 Å². The molecule has 0 radical (unpaired) electrons. The largest absolute Gasteiger partial charge is 0.384 e. The van der Waals surface area contributed by atoms with E-state index in [4.69, 9.17) is 0 Å². The number of thioether (sulfide) groups is 1. The molecule has 0 aliphatic rings. The molecule has 0 amide bonds. The quantitative estimate of drug-likeness (QED) is 0.590. The molecule has 2 rings (SSSR count). The third kappa shape index (κ3) is 4.59. The van der Waals surface area contributed by atoms with Gasteiger partial charge >= 0.3 is 0 Å². The Morgan fingerprint density at radius 1 is 1.05 bits per heavy atom. The number of aryl methyl sites for hydroxylation is 2. The summed E-state index contributed by atoms with van der Waals surface area (Å²) < 4.78 is 1.11. The Hall–Kier alpha value is -0.930. The highest BCUT2D eigenvalue weighted by molar-refractivity contribution is 9.10. The Balaban J connectivity index is 1.79. The second-order valence-electron chi connectivity index (χ2n) is 4.55. The topological polar surface area (TPSA) is 12.0 Å². The normalized spacial score (nSPS) is 10.5. The second-order valence-corrected chi connectivity index (χ2v) is 6.60. The Bertz CT molecular complexity index is 537. The standard InChI is InChI=1S/C16H18BrNS/c1-12-3-8-16(13(2)11-12)19-10-9-18-15-6-4-14(17)5-7-15/h3-8,11,18H,9-10H2,1-2H3. The molecule has 1 nitrogen and oxygen atoms in total. The Kier molecular flexibility index (Phi) is 5.34. The molecule has 0 fully saturated rings. The minimum Gasteiger partial charge on any atom is -0.384 e. The monoisotopic (exact) mass is 335 g/mol. The summed E-state index contributed by atoms with van der Waals surface area (Å²) in [5, 5.41) is 3.43. The lowest BCUT2D eigenvalue weighted by Crippen LogP contribution is -2.03. The molecule has 0 bridgehead atoms. The lowest BCUT2D eigenvalue weighted by molar-refractivity contribution is 1.21.